The molecule has 2 amide bonds. The van der Waals surface area contributed by atoms with Crippen LogP contribution in [-0.4, -0.2) is 43.8 Å². The third-order valence-electron chi connectivity index (χ3n) is 3.89. The summed E-state index contributed by atoms with van der Waals surface area (Å²) in [6.07, 6.45) is 1.40. The van der Waals surface area contributed by atoms with E-state index in [0.717, 1.165) is 5.56 Å². The van der Waals surface area contributed by atoms with Crippen LogP contribution in [0.2, 0.25) is 0 Å². The van der Waals surface area contributed by atoms with Crippen molar-refractivity contribution >= 4 is 23.4 Å². The summed E-state index contributed by atoms with van der Waals surface area (Å²) in [6.45, 7) is 3.14. The average Bonchev–Trinajstić information content (AvgIpc) is 2.67. The number of amides is 2. The average molecular weight is 371 g/mol. The number of carbonyl (C=O) groups excluding carboxylic acids is 1. The van der Waals surface area contributed by atoms with Gasteiger partial charge in [0.15, 0.2) is 0 Å². The first-order valence-electron chi connectivity index (χ1n) is 8.57. The van der Waals surface area contributed by atoms with Crippen LogP contribution in [0.5, 0.6) is 0 Å². The van der Waals surface area contributed by atoms with Gasteiger partial charge in [-0.15, -0.1) is 0 Å². The first-order valence-corrected chi connectivity index (χ1v) is 8.57. The Morgan fingerprint density at radius 1 is 1.30 bits per heavy atom. The van der Waals surface area contributed by atoms with E-state index < -0.39 is 0 Å². The number of aromatic nitrogens is 1. The summed E-state index contributed by atoms with van der Waals surface area (Å²) in [6, 6.07) is 11.1. The van der Waals surface area contributed by atoms with Gasteiger partial charge >= 0.3 is 6.03 Å². The van der Waals surface area contributed by atoms with Crippen molar-refractivity contribution in [3.63, 3.8) is 0 Å². The lowest BCUT2D eigenvalue weighted by molar-refractivity contribution is 0.141. The van der Waals surface area contributed by atoms with Crippen LogP contribution in [0.25, 0.3) is 0 Å². The van der Waals surface area contributed by atoms with Crippen molar-refractivity contribution in [1.82, 2.24) is 10.3 Å². The standard InChI is InChI=1S/C19H25N5O3/c1-13(14-6-4-3-5-7-14)11-23-19(25)24-17-10-16(20)15(12-22-17)18(21)27-9-8-26-2/h3-7,10,12-13,21H,8-9,11H2,1-2H3,(H4,20,22,23,24,25). The molecule has 0 saturated heterocycles. The van der Waals surface area contributed by atoms with Crippen LogP contribution in [0.15, 0.2) is 42.6 Å². The number of ether oxygens (including phenoxy) is 2. The van der Waals surface area contributed by atoms with E-state index in [1.165, 1.54) is 12.3 Å². The lowest BCUT2D eigenvalue weighted by atomic mass is 10.0. The molecule has 1 atom stereocenters. The molecule has 1 aromatic carbocycles. The van der Waals surface area contributed by atoms with Gasteiger partial charge < -0.3 is 20.5 Å². The SMILES string of the molecule is COCCOC(=N)c1cnc(NC(=O)NCC(C)c2ccccc2)cc1N. The van der Waals surface area contributed by atoms with Crippen molar-refractivity contribution in [3.8, 4) is 0 Å². The van der Waals surface area contributed by atoms with Crippen LogP contribution in [0.1, 0.15) is 24.0 Å². The molecular formula is C19H25N5O3. The molecule has 0 spiro atoms. The molecule has 0 bridgehead atoms. The number of methoxy groups -OCH3 is 1. The Labute approximate surface area is 158 Å². The number of rotatable bonds is 8. The summed E-state index contributed by atoms with van der Waals surface area (Å²) in [5.41, 5.74) is 7.73. The first-order chi connectivity index (χ1) is 13.0. The van der Waals surface area contributed by atoms with Crippen molar-refractivity contribution in [1.29, 1.82) is 5.41 Å². The second-order valence-corrected chi connectivity index (χ2v) is 5.97. The Balaban J connectivity index is 1.86. The number of hydrogen-bond acceptors (Lipinski definition) is 6. The summed E-state index contributed by atoms with van der Waals surface area (Å²) < 4.78 is 10.1. The molecule has 144 valence electrons. The number of urea groups is 1. The van der Waals surface area contributed by atoms with Gasteiger partial charge in [-0.2, -0.15) is 0 Å². The monoisotopic (exact) mass is 371 g/mol. The molecule has 0 radical (unpaired) electrons. The molecule has 2 rings (SSSR count). The zero-order valence-corrected chi connectivity index (χ0v) is 15.5. The zero-order valence-electron chi connectivity index (χ0n) is 15.5. The molecule has 1 aromatic heterocycles. The second kappa shape index (κ2) is 10.1. The predicted octanol–water partition coefficient (Wildman–Crippen LogP) is 2.58. The van der Waals surface area contributed by atoms with Crippen LogP contribution in [-0.2, 0) is 9.47 Å². The minimum absolute atomic E-state index is 0.0928. The van der Waals surface area contributed by atoms with Gasteiger partial charge in [-0.3, -0.25) is 10.7 Å². The van der Waals surface area contributed by atoms with E-state index in [1.54, 1.807) is 7.11 Å². The maximum Gasteiger partial charge on any atom is 0.320 e. The van der Waals surface area contributed by atoms with Crippen LogP contribution >= 0.6 is 0 Å². The largest absolute Gasteiger partial charge is 0.475 e. The maximum atomic E-state index is 12.1. The van der Waals surface area contributed by atoms with E-state index in [4.69, 9.17) is 20.6 Å². The van der Waals surface area contributed by atoms with Gasteiger partial charge in [0.05, 0.1) is 12.2 Å². The number of carbonyl (C=O) groups is 1. The van der Waals surface area contributed by atoms with E-state index in [-0.39, 0.29) is 24.5 Å². The number of pyridine rings is 1. The fraction of sp³-hybridized carbons (Fsp3) is 0.316. The molecule has 0 aliphatic rings. The molecule has 1 unspecified atom stereocenters. The highest BCUT2D eigenvalue weighted by molar-refractivity contribution is 5.97. The minimum atomic E-state index is -0.371. The number of anilines is 2. The Bertz CT molecular complexity index is 767. The molecule has 0 aliphatic heterocycles. The van der Waals surface area contributed by atoms with E-state index in [9.17, 15) is 4.79 Å². The molecule has 1 heterocycles. The smallest absolute Gasteiger partial charge is 0.320 e. The normalized spacial score (nSPS) is 11.5. The number of nitrogens with two attached hydrogens (primary N) is 1. The number of benzene rings is 1. The Morgan fingerprint density at radius 2 is 2.04 bits per heavy atom. The number of nitrogens with one attached hydrogen (secondary N) is 3. The lowest BCUT2D eigenvalue weighted by Crippen LogP contribution is -2.32. The second-order valence-electron chi connectivity index (χ2n) is 5.97. The number of hydrogen-bond donors (Lipinski definition) is 4. The number of nitrogen functional groups attached to an aromatic ring is 1. The predicted molar refractivity (Wildman–Crippen MR) is 105 cm³/mol. The summed E-state index contributed by atoms with van der Waals surface area (Å²) in [5.74, 6) is 0.387. The van der Waals surface area contributed by atoms with Gasteiger partial charge in [-0.1, -0.05) is 37.3 Å². The zero-order chi connectivity index (χ0) is 19.6. The molecule has 8 heteroatoms. The van der Waals surface area contributed by atoms with Crippen molar-refractivity contribution < 1.29 is 14.3 Å². The molecular weight excluding hydrogens is 346 g/mol. The highest BCUT2D eigenvalue weighted by Gasteiger charge is 2.12. The van der Waals surface area contributed by atoms with Crippen molar-refractivity contribution in [2.45, 2.75) is 12.8 Å². The van der Waals surface area contributed by atoms with Gasteiger partial charge in [-0.05, 0) is 11.5 Å². The van der Waals surface area contributed by atoms with E-state index in [0.29, 0.717) is 30.2 Å². The summed E-state index contributed by atoms with van der Waals surface area (Å²) in [7, 11) is 1.55. The van der Waals surface area contributed by atoms with Crippen molar-refractivity contribution in [2.24, 2.45) is 0 Å². The highest BCUT2D eigenvalue weighted by atomic mass is 16.5. The molecule has 0 aliphatic carbocycles. The third kappa shape index (κ3) is 6.27. The third-order valence-corrected chi connectivity index (χ3v) is 3.89. The van der Waals surface area contributed by atoms with E-state index in [1.807, 2.05) is 37.3 Å². The Morgan fingerprint density at radius 3 is 2.70 bits per heavy atom. The van der Waals surface area contributed by atoms with E-state index >= 15 is 0 Å². The molecule has 8 nitrogen and oxygen atoms in total. The Kier molecular flexibility index (Phi) is 7.57. The fourth-order valence-corrected chi connectivity index (χ4v) is 2.34. The maximum absolute atomic E-state index is 12.1. The van der Waals surface area contributed by atoms with Gasteiger partial charge in [0.2, 0.25) is 5.90 Å². The van der Waals surface area contributed by atoms with Crippen LogP contribution in [0.3, 0.4) is 0 Å². The van der Waals surface area contributed by atoms with Crippen molar-refractivity contribution in [2.75, 3.05) is 37.9 Å². The minimum Gasteiger partial charge on any atom is -0.475 e. The quantitative estimate of drug-likeness (QED) is 0.323. The van der Waals surface area contributed by atoms with Crippen molar-refractivity contribution in [3.05, 3.63) is 53.7 Å². The van der Waals surface area contributed by atoms with Crippen LogP contribution < -0.4 is 16.4 Å². The van der Waals surface area contributed by atoms with Crippen LogP contribution in [0.4, 0.5) is 16.3 Å². The molecule has 27 heavy (non-hydrogen) atoms. The highest BCUT2D eigenvalue weighted by Crippen LogP contribution is 2.16. The fourth-order valence-electron chi connectivity index (χ4n) is 2.34. The molecule has 2 aromatic rings. The molecule has 0 saturated carbocycles. The summed E-state index contributed by atoms with van der Waals surface area (Å²) >= 11 is 0. The molecule has 0 fully saturated rings. The Hall–Kier alpha value is -3.13. The van der Waals surface area contributed by atoms with Gasteiger partial charge in [0, 0.05) is 31.6 Å². The van der Waals surface area contributed by atoms with E-state index in [2.05, 4.69) is 15.6 Å². The van der Waals surface area contributed by atoms with Crippen LogP contribution in [0, 0.1) is 5.41 Å². The number of nitrogens with zero attached hydrogens (tertiary/aromatic N) is 1. The first kappa shape index (κ1) is 20.2. The molecule has 5 N–H and O–H groups in total. The van der Waals surface area contributed by atoms with Gasteiger partial charge in [0.25, 0.3) is 0 Å². The van der Waals surface area contributed by atoms with Gasteiger partial charge in [-0.25, -0.2) is 9.78 Å². The summed E-state index contributed by atoms with van der Waals surface area (Å²) in [4.78, 5) is 16.2. The lowest BCUT2D eigenvalue weighted by Gasteiger charge is -2.14. The van der Waals surface area contributed by atoms with Gasteiger partial charge in [0.1, 0.15) is 12.4 Å². The topological polar surface area (TPSA) is 122 Å². The summed E-state index contributed by atoms with van der Waals surface area (Å²) in [5, 5.41) is 13.3.